The number of hydrogen-bond acceptors (Lipinski definition) is 2. The van der Waals surface area contributed by atoms with Crippen LogP contribution in [0, 0.1) is 0 Å². The molecule has 106 valence electrons. The first-order valence-electron chi connectivity index (χ1n) is 6.70. The van der Waals surface area contributed by atoms with Gasteiger partial charge in [-0.3, -0.25) is 0 Å². The van der Waals surface area contributed by atoms with Crippen molar-refractivity contribution < 1.29 is 0 Å². The summed E-state index contributed by atoms with van der Waals surface area (Å²) >= 11 is 12.1. The highest BCUT2D eigenvalue weighted by Gasteiger charge is 2.02. The maximum absolute atomic E-state index is 6.10. The lowest BCUT2D eigenvalue weighted by molar-refractivity contribution is 0.699. The third-order valence-corrected chi connectivity index (χ3v) is 3.82. The molecule has 2 nitrogen and oxygen atoms in total. The van der Waals surface area contributed by atoms with Crippen molar-refractivity contribution in [2.75, 3.05) is 25.0 Å². The van der Waals surface area contributed by atoms with Gasteiger partial charge in [-0.05, 0) is 30.7 Å². The zero-order chi connectivity index (χ0) is 14.2. The molecular formula is C16H18Cl2N2. The standard InChI is InChI=1S/C16H18Cl2N2/c17-14-7-4-8-15(16(14)18)20-12-11-19-10-9-13-5-2-1-3-6-13/h1-8,19-20H,9-12H2. The molecule has 0 bridgehead atoms. The van der Waals surface area contributed by atoms with Crippen LogP contribution in [0.5, 0.6) is 0 Å². The normalized spacial score (nSPS) is 10.5. The van der Waals surface area contributed by atoms with E-state index in [1.54, 1.807) is 6.07 Å². The molecule has 4 heteroatoms. The number of hydrogen-bond donors (Lipinski definition) is 2. The van der Waals surface area contributed by atoms with Crippen molar-refractivity contribution in [1.82, 2.24) is 5.32 Å². The maximum atomic E-state index is 6.10. The quantitative estimate of drug-likeness (QED) is 0.748. The van der Waals surface area contributed by atoms with E-state index in [1.165, 1.54) is 5.56 Å². The number of anilines is 1. The van der Waals surface area contributed by atoms with Gasteiger partial charge in [-0.2, -0.15) is 0 Å². The Bertz CT molecular complexity index is 529. The summed E-state index contributed by atoms with van der Waals surface area (Å²) in [6.45, 7) is 2.67. The predicted octanol–water partition coefficient (Wildman–Crippen LogP) is 4.24. The van der Waals surface area contributed by atoms with Crippen LogP contribution in [0.1, 0.15) is 5.56 Å². The van der Waals surface area contributed by atoms with Crippen molar-refractivity contribution in [1.29, 1.82) is 0 Å². The molecule has 0 spiro atoms. The zero-order valence-corrected chi connectivity index (χ0v) is 12.7. The molecule has 2 aromatic carbocycles. The van der Waals surface area contributed by atoms with Crippen LogP contribution in [0.3, 0.4) is 0 Å². The average molecular weight is 309 g/mol. The highest BCUT2D eigenvalue weighted by atomic mass is 35.5. The predicted molar refractivity (Wildman–Crippen MR) is 88.0 cm³/mol. The lowest BCUT2D eigenvalue weighted by Crippen LogP contribution is -2.24. The fourth-order valence-corrected chi connectivity index (χ4v) is 2.30. The lowest BCUT2D eigenvalue weighted by Gasteiger charge is -2.10. The molecule has 20 heavy (non-hydrogen) atoms. The topological polar surface area (TPSA) is 24.1 Å². The molecular weight excluding hydrogens is 291 g/mol. The molecule has 2 aromatic rings. The first-order chi connectivity index (χ1) is 9.77. The molecule has 0 unspecified atom stereocenters. The van der Waals surface area contributed by atoms with Crippen LogP contribution in [0.4, 0.5) is 5.69 Å². The Kier molecular flexibility index (Phi) is 6.19. The lowest BCUT2D eigenvalue weighted by atomic mass is 10.1. The number of benzene rings is 2. The minimum atomic E-state index is 0.578. The minimum Gasteiger partial charge on any atom is -0.383 e. The summed E-state index contributed by atoms with van der Waals surface area (Å²) in [4.78, 5) is 0. The molecule has 0 radical (unpaired) electrons. The van der Waals surface area contributed by atoms with Crippen molar-refractivity contribution in [2.24, 2.45) is 0 Å². The molecule has 2 rings (SSSR count). The van der Waals surface area contributed by atoms with Crippen molar-refractivity contribution in [2.45, 2.75) is 6.42 Å². The van der Waals surface area contributed by atoms with Gasteiger partial charge in [0.05, 0.1) is 15.7 Å². The van der Waals surface area contributed by atoms with E-state index in [2.05, 4.69) is 34.9 Å². The summed E-state index contributed by atoms with van der Waals surface area (Å²) in [5.41, 5.74) is 2.23. The molecule has 0 fully saturated rings. The van der Waals surface area contributed by atoms with Gasteiger partial charge in [-0.1, -0.05) is 59.6 Å². The van der Waals surface area contributed by atoms with Crippen LogP contribution in [0.2, 0.25) is 10.0 Å². The summed E-state index contributed by atoms with van der Waals surface area (Å²) < 4.78 is 0. The van der Waals surface area contributed by atoms with E-state index in [1.807, 2.05) is 18.2 Å². The van der Waals surface area contributed by atoms with Crippen LogP contribution in [0.25, 0.3) is 0 Å². The van der Waals surface area contributed by atoms with Gasteiger partial charge in [-0.15, -0.1) is 0 Å². The Hall–Kier alpha value is -1.22. The number of halogens is 2. The summed E-state index contributed by atoms with van der Waals surface area (Å²) in [6.07, 6.45) is 1.04. The molecule has 0 saturated carbocycles. The molecule has 0 amide bonds. The smallest absolute Gasteiger partial charge is 0.0823 e. The van der Waals surface area contributed by atoms with Crippen LogP contribution in [-0.2, 0) is 6.42 Å². The number of rotatable bonds is 7. The third kappa shape index (κ3) is 4.71. The highest BCUT2D eigenvalue weighted by Crippen LogP contribution is 2.29. The van der Waals surface area contributed by atoms with E-state index in [9.17, 15) is 0 Å². The largest absolute Gasteiger partial charge is 0.383 e. The summed E-state index contributed by atoms with van der Waals surface area (Å²) in [7, 11) is 0. The Morgan fingerprint density at radius 1 is 0.800 bits per heavy atom. The first-order valence-corrected chi connectivity index (χ1v) is 7.45. The summed E-state index contributed by atoms with van der Waals surface area (Å²) in [5, 5.41) is 7.83. The Balaban J connectivity index is 1.63. The third-order valence-electron chi connectivity index (χ3n) is 3.00. The van der Waals surface area contributed by atoms with E-state index in [0.29, 0.717) is 10.0 Å². The second-order valence-electron chi connectivity index (χ2n) is 4.51. The number of nitrogens with one attached hydrogen (secondary N) is 2. The first kappa shape index (κ1) is 15.2. The molecule has 2 N–H and O–H groups in total. The van der Waals surface area contributed by atoms with Gasteiger partial charge < -0.3 is 10.6 Å². The van der Waals surface area contributed by atoms with Crippen LogP contribution < -0.4 is 10.6 Å². The molecule has 0 atom stereocenters. The van der Waals surface area contributed by atoms with Crippen molar-refractivity contribution in [3.8, 4) is 0 Å². The van der Waals surface area contributed by atoms with Gasteiger partial charge in [0.15, 0.2) is 0 Å². The molecule has 0 aliphatic heterocycles. The average Bonchev–Trinajstić information content (AvgIpc) is 2.48. The van der Waals surface area contributed by atoms with E-state index >= 15 is 0 Å². The highest BCUT2D eigenvalue weighted by molar-refractivity contribution is 6.43. The van der Waals surface area contributed by atoms with Crippen LogP contribution in [-0.4, -0.2) is 19.6 Å². The summed E-state index contributed by atoms with van der Waals surface area (Å²) in [6, 6.07) is 16.1. The second kappa shape index (κ2) is 8.15. The van der Waals surface area contributed by atoms with Crippen molar-refractivity contribution >= 4 is 28.9 Å². The Morgan fingerprint density at radius 3 is 2.40 bits per heavy atom. The van der Waals surface area contributed by atoms with E-state index in [0.717, 1.165) is 31.7 Å². The van der Waals surface area contributed by atoms with Gasteiger partial charge in [-0.25, -0.2) is 0 Å². The van der Waals surface area contributed by atoms with E-state index < -0.39 is 0 Å². The minimum absolute atomic E-state index is 0.578. The second-order valence-corrected chi connectivity index (χ2v) is 5.30. The van der Waals surface area contributed by atoms with Gasteiger partial charge in [0.25, 0.3) is 0 Å². The van der Waals surface area contributed by atoms with Gasteiger partial charge in [0.1, 0.15) is 0 Å². The molecule has 0 aliphatic rings. The Labute approximate surface area is 130 Å². The van der Waals surface area contributed by atoms with E-state index in [-0.39, 0.29) is 0 Å². The van der Waals surface area contributed by atoms with Crippen LogP contribution >= 0.6 is 23.2 Å². The van der Waals surface area contributed by atoms with Crippen molar-refractivity contribution in [3.63, 3.8) is 0 Å². The maximum Gasteiger partial charge on any atom is 0.0823 e. The van der Waals surface area contributed by atoms with E-state index in [4.69, 9.17) is 23.2 Å². The molecule has 0 aromatic heterocycles. The molecule has 0 heterocycles. The van der Waals surface area contributed by atoms with Crippen LogP contribution in [0.15, 0.2) is 48.5 Å². The zero-order valence-electron chi connectivity index (χ0n) is 11.2. The van der Waals surface area contributed by atoms with Gasteiger partial charge >= 0.3 is 0 Å². The SMILES string of the molecule is Clc1cccc(NCCNCCc2ccccc2)c1Cl. The van der Waals surface area contributed by atoms with Gasteiger partial charge in [0, 0.05) is 13.1 Å². The molecule has 0 aliphatic carbocycles. The molecule has 0 saturated heterocycles. The monoisotopic (exact) mass is 308 g/mol. The fourth-order valence-electron chi connectivity index (χ4n) is 1.93. The fraction of sp³-hybridized carbons (Fsp3) is 0.250. The Morgan fingerprint density at radius 2 is 1.60 bits per heavy atom. The summed E-state index contributed by atoms with van der Waals surface area (Å²) in [5.74, 6) is 0. The van der Waals surface area contributed by atoms with Gasteiger partial charge in [0.2, 0.25) is 0 Å². The van der Waals surface area contributed by atoms with Crippen molar-refractivity contribution in [3.05, 3.63) is 64.1 Å².